The van der Waals surface area contributed by atoms with Gasteiger partial charge in [0.25, 0.3) is 0 Å². The lowest BCUT2D eigenvalue weighted by Crippen LogP contribution is -2.15. The molecule has 0 heterocycles. The minimum absolute atomic E-state index is 0.145. The number of aliphatic carboxylic acids is 1. The third kappa shape index (κ3) is 4.07. The molecule has 0 aliphatic rings. The van der Waals surface area contributed by atoms with Gasteiger partial charge in [-0.1, -0.05) is 35.5 Å². The van der Waals surface area contributed by atoms with Gasteiger partial charge in [-0.2, -0.15) is 0 Å². The highest BCUT2D eigenvalue weighted by atomic mass is 16.6. The molecule has 2 aromatic carbocycles. The van der Waals surface area contributed by atoms with Gasteiger partial charge in [0.05, 0.1) is 7.11 Å². The molecule has 0 unspecified atom stereocenters. The Morgan fingerprint density at radius 1 is 1.10 bits per heavy atom. The number of carboxylic acid groups (broad SMARTS) is 1. The highest BCUT2D eigenvalue weighted by molar-refractivity contribution is 6.42. The van der Waals surface area contributed by atoms with Gasteiger partial charge >= 0.3 is 5.97 Å². The molecule has 0 fully saturated rings. The summed E-state index contributed by atoms with van der Waals surface area (Å²) in [6.07, 6.45) is 0. The van der Waals surface area contributed by atoms with E-state index in [-0.39, 0.29) is 12.3 Å². The average molecular weight is 285 g/mol. The molecule has 1 N–H and O–H groups in total. The molecular formula is C16H15NO4. The first-order chi connectivity index (χ1) is 10.2. The van der Waals surface area contributed by atoms with E-state index in [1.807, 2.05) is 30.3 Å². The zero-order valence-corrected chi connectivity index (χ0v) is 11.5. The van der Waals surface area contributed by atoms with Crippen LogP contribution in [0.4, 0.5) is 0 Å². The van der Waals surface area contributed by atoms with Crippen molar-refractivity contribution in [1.29, 1.82) is 0 Å². The monoisotopic (exact) mass is 285 g/mol. The summed E-state index contributed by atoms with van der Waals surface area (Å²) in [5.41, 5.74) is 1.23. The quantitative estimate of drug-likeness (QED) is 0.654. The fraction of sp³-hybridized carbons (Fsp3) is 0.125. The average Bonchev–Trinajstić information content (AvgIpc) is 2.52. The first kappa shape index (κ1) is 14.6. The van der Waals surface area contributed by atoms with Crippen molar-refractivity contribution in [1.82, 2.24) is 0 Å². The molecule has 2 aromatic rings. The predicted octanol–water partition coefficient (Wildman–Crippen LogP) is 2.70. The number of oxime groups is 1. The van der Waals surface area contributed by atoms with Gasteiger partial charge in [0.2, 0.25) is 0 Å². The summed E-state index contributed by atoms with van der Waals surface area (Å²) in [4.78, 5) is 16.4. The van der Waals surface area contributed by atoms with Crippen molar-refractivity contribution < 1.29 is 19.5 Å². The molecule has 0 aliphatic heterocycles. The Kier molecular flexibility index (Phi) is 4.93. The van der Waals surface area contributed by atoms with Gasteiger partial charge in [0, 0.05) is 5.56 Å². The number of benzene rings is 2. The summed E-state index contributed by atoms with van der Waals surface area (Å²) in [6, 6.07) is 16.0. The van der Waals surface area contributed by atoms with E-state index in [4.69, 9.17) is 9.57 Å². The Hall–Kier alpha value is -2.82. The second kappa shape index (κ2) is 7.09. The van der Waals surface area contributed by atoms with E-state index in [1.54, 1.807) is 31.4 Å². The number of carboxylic acids is 1. The van der Waals surface area contributed by atoms with Gasteiger partial charge in [0.1, 0.15) is 12.4 Å². The summed E-state index contributed by atoms with van der Waals surface area (Å²) in [5, 5.41) is 12.9. The van der Waals surface area contributed by atoms with Gasteiger partial charge in [-0.3, -0.25) is 0 Å². The van der Waals surface area contributed by atoms with E-state index >= 15 is 0 Å². The smallest absolute Gasteiger partial charge is 0.358 e. The van der Waals surface area contributed by atoms with Crippen LogP contribution in [-0.4, -0.2) is 23.9 Å². The minimum Gasteiger partial charge on any atom is -0.497 e. The van der Waals surface area contributed by atoms with Crippen LogP contribution in [0.5, 0.6) is 5.75 Å². The van der Waals surface area contributed by atoms with E-state index in [1.165, 1.54) is 0 Å². The first-order valence-corrected chi connectivity index (χ1v) is 6.32. The Balaban J connectivity index is 2.10. The maximum absolute atomic E-state index is 11.3. The van der Waals surface area contributed by atoms with Gasteiger partial charge in [-0.05, 0) is 29.8 Å². The van der Waals surface area contributed by atoms with Crippen LogP contribution in [0, 0.1) is 0 Å². The maximum atomic E-state index is 11.3. The van der Waals surface area contributed by atoms with Crippen molar-refractivity contribution in [3.8, 4) is 5.75 Å². The van der Waals surface area contributed by atoms with Crippen molar-refractivity contribution in [2.75, 3.05) is 7.11 Å². The third-order valence-corrected chi connectivity index (χ3v) is 2.80. The van der Waals surface area contributed by atoms with Gasteiger partial charge in [-0.15, -0.1) is 0 Å². The number of nitrogens with zero attached hydrogens (tertiary/aromatic N) is 1. The predicted molar refractivity (Wildman–Crippen MR) is 78.4 cm³/mol. The van der Waals surface area contributed by atoms with Crippen LogP contribution in [-0.2, 0) is 16.2 Å². The standard InChI is InChI=1S/C16H15NO4/c1-20-14-9-7-13(8-10-14)15(16(18)19)17-21-11-12-5-3-2-4-6-12/h2-10H,11H2,1H3,(H,18,19). The van der Waals surface area contributed by atoms with Crippen molar-refractivity contribution >= 4 is 11.7 Å². The number of rotatable bonds is 6. The zero-order valence-electron chi connectivity index (χ0n) is 11.5. The van der Waals surface area contributed by atoms with E-state index < -0.39 is 5.97 Å². The number of ether oxygens (including phenoxy) is 1. The lowest BCUT2D eigenvalue weighted by atomic mass is 10.1. The number of hydrogen-bond acceptors (Lipinski definition) is 4. The Labute approximate surface area is 122 Å². The van der Waals surface area contributed by atoms with E-state index in [2.05, 4.69) is 5.16 Å². The molecule has 0 spiro atoms. The fourth-order valence-electron chi connectivity index (χ4n) is 1.71. The number of carbonyl (C=O) groups is 1. The molecule has 0 amide bonds. The molecular weight excluding hydrogens is 270 g/mol. The summed E-state index contributed by atoms with van der Waals surface area (Å²) < 4.78 is 5.03. The third-order valence-electron chi connectivity index (χ3n) is 2.80. The molecule has 0 saturated heterocycles. The normalized spacial score (nSPS) is 11.0. The lowest BCUT2D eigenvalue weighted by molar-refractivity contribution is -0.129. The molecule has 0 aliphatic carbocycles. The van der Waals surface area contributed by atoms with E-state index in [9.17, 15) is 9.90 Å². The van der Waals surface area contributed by atoms with Crippen molar-refractivity contribution in [2.24, 2.45) is 5.16 Å². The van der Waals surface area contributed by atoms with Crippen LogP contribution in [0.3, 0.4) is 0 Å². The molecule has 5 heteroatoms. The summed E-state index contributed by atoms with van der Waals surface area (Å²) >= 11 is 0. The molecule has 0 bridgehead atoms. The SMILES string of the molecule is COc1ccc(C(=NOCc2ccccc2)C(=O)O)cc1. The van der Waals surface area contributed by atoms with Gasteiger partial charge < -0.3 is 14.7 Å². The first-order valence-electron chi connectivity index (χ1n) is 6.32. The second-order valence-corrected chi connectivity index (χ2v) is 4.23. The molecule has 5 nitrogen and oxygen atoms in total. The summed E-state index contributed by atoms with van der Waals surface area (Å²) in [6.45, 7) is 0.216. The number of methoxy groups -OCH3 is 1. The molecule has 0 saturated carbocycles. The van der Waals surface area contributed by atoms with Crippen LogP contribution >= 0.6 is 0 Å². The molecule has 21 heavy (non-hydrogen) atoms. The number of hydrogen-bond donors (Lipinski definition) is 1. The Morgan fingerprint density at radius 2 is 1.76 bits per heavy atom. The molecule has 0 atom stereocenters. The highest BCUT2D eigenvalue weighted by Gasteiger charge is 2.13. The highest BCUT2D eigenvalue weighted by Crippen LogP contribution is 2.12. The fourth-order valence-corrected chi connectivity index (χ4v) is 1.71. The van der Waals surface area contributed by atoms with Crippen LogP contribution in [0.15, 0.2) is 59.8 Å². The lowest BCUT2D eigenvalue weighted by Gasteiger charge is -2.04. The molecule has 0 aromatic heterocycles. The largest absolute Gasteiger partial charge is 0.497 e. The second-order valence-electron chi connectivity index (χ2n) is 4.23. The maximum Gasteiger partial charge on any atom is 0.358 e. The zero-order chi connectivity index (χ0) is 15.1. The van der Waals surface area contributed by atoms with Crippen molar-refractivity contribution in [3.63, 3.8) is 0 Å². The van der Waals surface area contributed by atoms with Gasteiger partial charge in [0.15, 0.2) is 5.71 Å². The summed E-state index contributed by atoms with van der Waals surface area (Å²) in [5.74, 6) is -0.498. The van der Waals surface area contributed by atoms with Crippen LogP contribution in [0.2, 0.25) is 0 Å². The molecule has 0 radical (unpaired) electrons. The summed E-state index contributed by atoms with van der Waals surface area (Å²) in [7, 11) is 1.55. The molecule has 108 valence electrons. The van der Waals surface area contributed by atoms with Gasteiger partial charge in [-0.25, -0.2) is 4.79 Å². The van der Waals surface area contributed by atoms with Crippen molar-refractivity contribution in [3.05, 3.63) is 65.7 Å². The van der Waals surface area contributed by atoms with Crippen molar-refractivity contribution in [2.45, 2.75) is 6.61 Å². The van der Waals surface area contributed by atoms with E-state index in [0.717, 1.165) is 5.56 Å². The molecule has 2 rings (SSSR count). The van der Waals surface area contributed by atoms with Crippen LogP contribution < -0.4 is 4.74 Å². The minimum atomic E-state index is -1.15. The van der Waals surface area contributed by atoms with Crippen LogP contribution in [0.25, 0.3) is 0 Å². The van der Waals surface area contributed by atoms with Crippen LogP contribution in [0.1, 0.15) is 11.1 Å². The Morgan fingerprint density at radius 3 is 2.33 bits per heavy atom. The Bertz CT molecular complexity index is 620. The van der Waals surface area contributed by atoms with E-state index in [0.29, 0.717) is 11.3 Å². The topological polar surface area (TPSA) is 68.1 Å².